The number of benzene rings is 4. The molecule has 0 aromatic heterocycles. The molecule has 1 aliphatic carbocycles. The topological polar surface area (TPSA) is 86.8 Å². The van der Waals surface area contributed by atoms with E-state index < -0.39 is 34.3 Å². The number of carbonyl (C=O) groups is 2. The van der Waals surface area contributed by atoms with Gasteiger partial charge >= 0.3 is 0 Å². The number of hydrogen-bond acceptors (Lipinski definition) is 4. The molecule has 1 N–H and O–H groups in total. The van der Waals surface area contributed by atoms with Crippen LogP contribution in [0.15, 0.2) is 108 Å². The van der Waals surface area contributed by atoms with Gasteiger partial charge in [-0.1, -0.05) is 104 Å². The number of carbonyl (C=O) groups excluding carboxylic acids is 2. The molecule has 0 bridgehead atoms. The number of aryl methyl sites for hydroxylation is 1. The quantitative estimate of drug-likeness (QED) is 0.174. The van der Waals surface area contributed by atoms with Gasteiger partial charge in [0.1, 0.15) is 18.4 Å². The highest BCUT2D eigenvalue weighted by Gasteiger charge is 2.36. The second-order valence-corrected chi connectivity index (χ2v) is 14.2. The Morgan fingerprint density at radius 1 is 0.894 bits per heavy atom. The second-order valence-electron chi connectivity index (χ2n) is 11.9. The molecule has 4 aromatic carbocycles. The van der Waals surface area contributed by atoms with Gasteiger partial charge in [0, 0.05) is 29.6 Å². The molecule has 1 atom stereocenters. The van der Waals surface area contributed by atoms with Gasteiger partial charge in [-0.2, -0.15) is 0 Å². The first kappa shape index (κ1) is 34.1. The van der Waals surface area contributed by atoms with Gasteiger partial charge in [-0.05, 0) is 61.2 Å². The summed E-state index contributed by atoms with van der Waals surface area (Å²) < 4.78 is 44.4. The molecule has 0 spiro atoms. The van der Waals surface area contributed by atoms with Crippen LogP contribution < -0.4 is 9.62 Å². The lowest BCUT2D eigenvalue weighted by molar-refractivity contribution is -0.140. The Morgan fingerprint density at radius 3 is 2.19 bits per heavy atom. The van der Waals surface area contributed by atoms with Gasteiger partial charge in [0.2, 0.25) is 11.8 Å². The molecule has 0 aliphatic heterocycles. The predicted octanol–water partition coefficient (Wildman–Crippen LogP) is 7.07. The number of nitrogens with zero attached hydrogens (tertiary/aromatic N) is 2. The van der Waals surface area contributed by atoms with Crippen molar-refractivity contribution in [3.05, 3.63) is 131 Å². The third kappa shape index (κ3) is 8.58. The molecule has 1 fully saturated rings. The van der Waals surface area contributed by atoms with Crippen molar-refractivity contribution in [2.24, 2.45) is 0 Å². The smallest absolute Gasteiger partial charge is 0.264 e. The molecule has 246 valence electrons. The zero-order valence-corrected chi connectivity index (χ0v) is 27.9. The van der Waals surface area contributed by atoms with E-state index >= 15 is 4.39 Å². The molecular formula is C37H39ClFN3O4S. The van der Waals surface area contributed by atoms with E-state index in [1.54, 1.807) is 55.5 Å². The number of anilines is 1. The van der Waals surface area contributed by atoms with Crippen LogP contribution in [0.4, 0.5) is 10.1 Å². The molecule has 4 aromatic rings. The van der Waals surface area contributed by atoms with Crippen LogP contribution in [0.2, 0.25) is 5.02 Å². The van der Waals surface area contributed by atoms with Crippen LogP contribution in [0.3, 0.4) is 0 Å². The predicted molar refractivity (Wildman–Crippen MR) is 183 cm³/mol. The van der Waals surface area contributed by atoms with Crippen LogP contribution >= 0.6 is 11.6 Å². The van der Waals surface area contributed by atoms with Gasteiger partial charge < -0.3 is 10.2 Å². The molecule has 0 radical (unpaired) electrons. The van der Waals surface area contributed by atoms with Crippen LogP contribution in [0.1, 0.15) is 48.8 Å². The first-order valence-electron chi connectivity index (χ1n) is 15.8. The zero-order valence-electron chi connectivity index (χ0n) is 26.3. The van der Waals surface area contributed by atoms with Crippen LogP contribution in [0, 0.1) is 12.7 Å². The summed E-state index contributed by atoms with van der Waals surface area (Å²) >= 11 is 6.44. The van der Waals surface area contributed by atoms with Gasteiger partial charge in [0.25, 0.3) is 10.0 Å². The van der Waals surface area contributed by atoms with Crippen LogP contribution in [-0.4, -0.2) is 43.8 Å². The number of hydrogen-bond donors (Lipinski definition) is 1. The van der Waals surface area contributed by atoms with Crippen molar-refractivity contribution in [3.8, 4) is 0 Å². The minimum atomic E-state index is -4.27. The third-order valence-electron chi connectivity index (χ3n) is 8.57. The van der Waals surface area contributed by atoms with Crippen molar-refractivity contribution in [2.45, 2.75) is 69.0 Å². The molecule has 2 amide bonds. The van der Waals surface area contributed by atoms with Crippen LogP contribution in [0.25, 0.3) is 0 Å². The van der Waals surface area contributed by atoms with E-state index in [-0.39, 0.29) is 41.1 Å². The SMILES string of the molecule is Cc1ccc(N(CC(=O)N(Cc2ccccc2F)[C@H](Cc2ccccc2)C(=O)NC2CCCCC2)S(=O)(=O)c2ccccc2)cc1Cl. The standard InChI is InChI=1S/C37H39ClFN3O4S/c1-27-21-22-31(24-33(27)38)42(47(45,46)32-18-9-4-10-19-32)26-36(43)41(25-29-15-11-12-20-34(29)39)35(23-28-13-5-2-6-14-28)37(44)40-30-16-7-3-8-17-30/h2,4-6,9-15,18-22,24,30,35H,3,7-8,16-17,23,25-26H2,1H3,(H,40,44)/t35-/m1/s1. The van der Waals surface area contributed by atoms with Crippen molar-refractivity contribution < 1.29 is 22.4 Å². The molecular weight excluding hydrogens is 637 g/mol. The van der Waals surface area contributed by atoms with E-state index in [4.69, 9.17) is 11.6 Å². The minimum Gasteiger partial charge on any atom is -0.352 e. The summed E-state index contributed by atoms with van der Waals surface area (Å²) in [6, 6.07) is 26.9. The van der Waals surface area contributed by atoms with E-state index in [9.17, 15) is 18.0 Å². The second kappa shape index (κ2) is 15.6. The average Bonchev–Trinajstić information content (AvgIpc) is 3.08. The number of halogens is 2. The van der Waals surface area contributed by atoms with E-state index in [0.717, 1.165) is 47.5 Å². The molecule has 0 saturated heterocycles. The van der Waals surface area contributed by atoms with Crippen molar-refractivity contribution >= 4 is 39.1 Å². The van der Waals surface area contributed by atoms with Gasteiger partial charge in [0.05, 0.1) is 10.6 Å². The molecule has 0 heterocycles. The van der Waals surface area contributed by atoms with Gasteiger partial charge in [-0.3, -0.25) is 13.9 Å². The molecule has 5 rings (SSSR count). The fraction of sp³-hybridized carbons (Fsp3) is 0.297. The Morgan fingerprint density at radius 2 is 1.53 bits per heavy atom. The average molecular weight is 676 g/mol. The highest BCUT2D eigenvalue weighted by atomic mass is 35.5. The van der Waals surface area contributed by atoms with Crippen molar-refractivity contribution in [2.75, 3.05) is 10.8 Å². The van der Waals surface area contributed by atoms with Crippen LogP contribution in [-0.2, 0) is 32.6 Å². The molecule has 10 heteroatoms. The first-order valence-corrected chi connectivity index (χ1v) is 17.7. The van der Waals surface area contributed by atoms with Crippen molar-refractivity contribution in [1.29, 1.82) is 0 Å². The Bertz CT molecular complexity index is 1780. The number of nitrogens with one attached hydrogen (secondary N) is 1. The summed E-state index contributed by atoms with van der Waals surface area (Å²) in [5.41, 5.74) is 1.94. The number of sulfonamides is 1. The summed E-state index contributed by atoms with van der Waals surface area (Å²) in [4.78, 5) is 30.0. The lowest BCUT2D eigenvalue weighted by Crippen LogP contribution is -2.55. The summed E-state index contributed by atoms with van der Waals surface area (Å²) in [7, 11) is -4.27. The number of amides is 2. The zero-order chi connectivity index (χ0) is 33.4. The highest BCUT2D eigenvalue weighted by Crippen LogP contribution is 2.29. The maximum absolute atomic E-state index is 15.1. The molecule has 1 saturated carbocycles. The Balaban J connectivity index is 1.58. The third-order valence-corrected chi connectivity index (χ3v) is 10.8. The minimum absolute atomic E-state index is 0.0129. The summed E-state index contributed by atoms with van der Waals surface area (Å²) in [5, 5.41) is 3.49. The van der Waals surface area contributed by atoms with Crippen molar-refractivity contribution in [1.82, 2.24) is 10.2 Å². The molecule has 47 heavy (non-hydrogen) atoms. The van der Waals surface area contributed by atoms with Gasteiger partial charge in [0.15, 0.2) is 0 Å². The van der Waals surface area contributed by atoms with E-state index in [0.29, 0.717) is 5.02 Å². The monoisotopic (exact) mass is 675 g/mol. The first-order chi connectivity index (χ1) is 22.6. The highest BCUT2D eigenvalue weighted by molar-refractivity contribution is 7.92. The molecule has 7 nitrogen and oxygen atoms in total. The van der Waals surface area contributed by atoms with E-state index in [1.165, 1.54) is 29.2 Å². The largest absolute Gasteiger partial charge is 0.352 e. The maximum atomic E-state index is 15.1. The Hall–Kier alpha value is -4.21. The van der Waals surface area contributed by atoms with E-state index in [1.807, 2.05) is 30.3 Å². The number of rotatable bonds is 12. The van der Waals surface area contributed by atoms with Gasteiger partial charge in [-0.15, -0.1) is 0 Å². The van der Waals surface area contributed by atoms with Crippen molar-refractivity contribution in [3.63, 3.8) is 0 Å². The summed E-state index contributed by atoms with van der Waals surface area (Å²) in [6.45, 7) is 0.907. The fourth-order valence-electron chi connectivity index (χ4n) is 5.89. The fourth-order valence-corrected chi connectivity index (χ4v) is 7.50. The lowest BCUT2D eigenvalue weighted by Gasteiger charge is -2.35. The molecule has 1 aliphatic rings. The Labute approximate surface area is 281 Å². The van der Waals surface area contributed by atoms with E-state index in [2.05, 4.69) is 5.32 Å². The van der Waals surface area contributed by atoms with Crippen LogP contribution in [0.5, 0.6) is 0 Å². The maximum Gasteiger partial charge on any atom is 0.264 e. The summed E-state index contributed by atoms with van der Waals surface area (Å²) in [5.74, 6) is -1.55. The normalized spacial score (nSPS) is 14.3. The van der Waals surface area contributed by atoms with Gasteiger partial charge in [-0.25, -0.2) is 12.8 Å². The molecule has 0 unspecified atom stereocenters. The summed E-state index contributed by atoms with van der Waals surface area (Å²) in [6.07, 6.45) is 4.92. The Kier molecular flexibility index (Phi) is 11.3. The lowest BCUT2D eigenvalue weighted by atomic mass is 9.94.